The third-order valence-electron chi connectivity index (χ3n) is 9.55. The molecular weight excluding hydrogens is 292 g/mol. The van der Waals surface area contributed by atoms with E-state index in [0.717, 1.165) is 42.4 Å². The van der Waals surface area contributed by atoms with Gasteiger partial charge < -0.3 is 5.11 Å². The Bertz CT molecular complexity index is 534. The van der Waals surface area contributed by atoms with Gasteiger partial charge in [0, 0.05) is 0 Å². The molecule has 136 valence electrons. The Morgan fingerprint density at radius 2 is 1.58 bits per heavy atom. The van der Waals surface area contributed by atoms with Crippen LogP contribution in [0.5, 0.6) is 0 Å². The standard InChI is InChI=1S/C23H38O/c1-15(2)18-8-9-19-17-7-6-16-14-21(3,24)12-13-22(16,4)20(17)10-11-23(18,19)5/h16-20,24H,1,6-14H2,2-5H3/t16-,17-,18+,19-,20-,21+,22-,23+/m0/s1. The second-order valence-electron chi connectivity index (χ2n) is 10.9. The third-order valence-corrected chi connectivity index (χ3v) is 9.55. The van der Waals surface area contributed by atoms with Gasteiger partial charge in [-0.2, -0.15) is 0 Å². The molecule has 1 N–H and O–H groups in total. The molecule has 0 unspecified atom stereocenters. The lowest BCUT2D eigenvalue weighted by Crippen LogP contribution is -2.55. The van der Waals surface area contributed by atoms with Crippen molar-refractivity contribution >= 4 is 0 Å². The zero-order valence-corrected chi connectivity index (χ0v) is 16.4. The summed E-state index contributed by atoms with van der Waals surface area (Å²) in [6, 6.07) is 0. The minimum Gasteiger partial charge on any atom is -0.390 e. The molecule has 0 aromatic heterocycles. The molecule has 8 atom stereocenters. The fraction of sp³-hybridized carbons (Fsp3) is 0.913. The third kappa shape index (κ3) is 2.29. The van der Waals surface area contributed by atoms with E-state index in [1.54, 1.807) is 0 Å². The molecule has 0 saturated heterocycles. The topological polar surface area (TPSA) is 20.2 Å². The second kappa shape index (κ2) is 5.35. The Balaban J connectivity index is 1.61. The molecule has 4 saturated carbocycles. The molecule has 0 aromatic carbocycles. The van der Waals surface area contributed by atoms with Gasteiger partial charge in [0.15, 0.2) is 0 Å². The van der Waals surface area contributed by atoms with Crippen LogP contribution in [-0.4, -0.2) is 10.7 Å². The molecule has 0 amide bonds. The van der Waals surface area contributed by atoms with Crippen LogP contribution in [0, 0.1) is 40.4 Å². The van der Waals surface area contributed by atoms with E-state index in [-0.39, 0.29) is 0 Å². The predicted octanol–water partition coefficient (Wildman–Crippen LogP) is 5.97. The molecule has 0 aliphatic heterocycles. The Morgan fingerprint density at radius 3 is 2.29 bits per heavy atom. The van der Waals surface area contributed by atoms with Gasteiger partial charge in [0.1, 0.15) is 0 Å². The van der Waals surface area contributed by atoms with Crippen molar-refractivity contribution in [3.63, 3.8) is 0 Å². The van der Waals surface area contributed by atoms with Gasteiger partial charge in [-0.25, -0.2) is 0 Å². The summed E-state index contributed by atoms with van der Waals surface area (Å²) in [5.41, 5.74) is 2.05. The second-order valence-corrected chi connectivity index (χ2v) is 10.9. The summed E-state index contributed by atoms with van der Waals surface area (Å²) in [4.78, 5) is 0. The van der Waals surface area contributed by atoms with E-state index in [0.29, 0.717) is 10.8 Å². The lowest BCUT2D eigenvalue weighted by Gasteiger charge is -2.62. The molecule has 0 spiro atoms. The summed E-state index contributed by atoms with van der Waals surface area (Å²) in [5.74, 6) is 4.30. The average Bonchev–Trinajstić information content (AvgIpc) is 2.85. The van der Waals surface area contributed by atoms with Crippen molar-refractivity contribution in [3.05, 3.63) is 12.2 Å². The van der Waals surface area contributed by atoms with Gasteiger partial charge in [-0.3, -0.25) is 0 Å². The van der Waals surface area contributed by atoms with Crippen LogP contribution >= 0.6 is 0 Å². The van der Waals surface area contributed by atoms with Crippen molar-refractivity contribution in [2.24, 2.45) is 40.4 Å². The maximum absolute atomic E-state index is 10.6. The SMILES string of the molecule is C=C(C)[C@H]1CC[C@H]2[C@@H]3CC[C@H]4C[C@](C)(O)CC[C@]4(C)[C@H]3CC[C@]12C. The monoisotopic (exact) mass is 330 g/mol. The van der Waals surface area contributed by atoms with Crippen molar-refractivity contribution < 1.29 is 5.11 Å². The van der Waals surface area contributed by atoms with Crippen LogP contribution in [0.15, 0.2) is 12.2 Å². The van der Waals surface area contributed by atoms with Crippen molar-refractivity contribution in [2.75, 3.05) is 0 Å². The van der Waals surface area contributed by atoms with Crippen molar-refractivity contribution in [1.29, 1.82) is 0 Å². The van der Waals surface area contributed by atoms with E-state index in [4.69, 9.17) is 0 Å². The quantitative estimate of drug-likeness (QED) is 0.587. The first kappa shape index (κ1) is 17.1. The van der Waals surface area contributed by atoms with Gasteiger partial charge in [0.05, 0.1) is 5.60 Å². The van der Waals surface area contributed by atoms with Gasteiger partial charge >= 0.3 is 0 Å². The highest BCUT2D eigenvalue weighted by Gasteiger charge is 2.60. The number of hydrogen-bond acceptors (Lipinski definition) is 1. The van der Waals surface area contributed by atoms with Gasteiger partial charge in [-0.1, -0.05) is 26.0 Å². The van der Waals surface area contributed by atoms with E-state index >= 15 is 0 Å². The van der Waals surface area contributed by atoms with Crippen LogP contribution in [0.25, 0.3) is 0 Å². The highest BCUT2D eigenvalue weighted by Crippen LogP contribution is 2.68. The molecule has 0 aromatic rings. The maximum atomic E-state index is 10.6. The van der Waals surface area contributed by atoms with Crippen molar-refractivity contribution in [1.82, 2.24) is 0 Å². The van der Waals surface area contributed by atoms with Crippen molar-refractivity contribution in [2.45, 2.75) is 91.1 Å². The Kier molecular flexibility index (Phi) is 3.82. The first-order chi connectivity index (χ1) is 11.2. The highest BCUT2D eigenvalue weighted by atomic mass is 16.3. The first-order valence-corrected chi connectivity index (χ1v) is 10.6. The molecular formula is C23H38O. The van der Waals surface area contributed by atoms with E-state index in [1.807, 2.05) is 0 Å². The largest absolute Gasteiger partial charge is 0.390 e. The van der Waals surface area contributed by atoms with Crippen LogP contribution in [0.3, 0.4) is 0 Å². The highest BCUT2D eigenvalue weighted by molar-refractivity contribution is 5.15. The van der Waals surface area contributed by atoms with Crippen LogP contribution in [0.2, 0.25) is 0 Å². The molecule has 4 fully saturated rings. The Labute approximate surface area is 149 Å². The molecule has 4 aliphatic rings. The molecule has 0 radical (unpaired) electrons. The molecule has 1 nitrogen and oxygen atoms in total. The molecule has 1 heteroatoms. The molecule has 0 bridgehead atoms. The van der Waals surface area contributed by atoms with Crippen LogP contribution in [0.1, 0.15) is 85.5 Å². The van der Waals surface area contributed by atoms with Crippen molar-refractivity contribution in [3.8, 4) is 0 Å². The normalized spacial score (nSPS) is 57.0. The molecule has 4 aliphatic carbocycles. The summed E-state index contributed by atoms with van der Waals surface area (Å²) in [6.45, 7) is 13.9. The minimum absolute atomic E-state index is 0.404. The van der Waals surface area contributed by atoms with Crippen LogP contribution < -0.4 is 0 Å². The fourth-order valence-corrected chi connectivity index (χ4v) is 8.24. The summed E-state index contributed by atoms with van der Waals surface area (Å²) < 4.78 is 0. The van der Waals surface area contributed by atoms with E-state index in [1.165, 1.54) is 50.5 Å². The number of fused-ring (bicyclic) bond motifs is 5. The summed E-state index contributed by atoms with van der Waals surface area (Å²) in [6.07, 6.45) is 11.7. The molecule has 24 heavy (non-hydrogen) atoms. The van der Waals surface area contributed by atoms with Crippen LogP contribution in [0.4, 0.5) is 0 Å². The lowest BCUT2D eigenvalue weighted by molar-refractivity contribution is -0.144. The maximum Gasteiger partial charge on any atom is 0.0622 e. The number of rotatable bonds is 1. The Hall–Kier alpha value is -0.300. The molecule has 0 heterocycles. The number of hydrogen-bond donors (Lipinski definition) is 1. The number of allylic oxidation sites excluding steroid dienone is 1. The summed E-state index contributed by atoms with van der Waals surface area (Å²) >= 11 is 0. The Morgan fingerprint density at radius 1 is 0.875 bits per heavy atom. The average molecular weight is 331 g/mol. The van der Waals surface area contributed by atoms with E-state index < -0.39 is 5.60 Å². The predicted molar refractivity (Wildman–Crippen MR) is 101 cm³/mol. The fourth-order valence-electron chi connectivity index (χ4n) is 8.24. The van der Waals surface area contributed by atoms with Gasteiger partial charge in [0.25, 0.3) is 0 Å². The molecule has 4 rings (SSSR count). The number of aliphatic hydroxyl groups is 1. The first-order valence-electron chi connectivity index (χ1n) is 10.6. The summed E-state index contributed by atoms with van der Waals surface area (Å²) in [5, 5.41) is 10.6. The van der Waals surface area contributed by atoms with E-state index in [2.05, 4.69) is 34.3 Å². The minimum atomic E-state index is -0.404. The van der Waals surface area contributed by atoms with Gasteiger partial charge in [0.2, 0.25) is 0 Å². The lowest BCUT2D eigenvalue weighted by atomic mass is 9.44. The zero-order chi connectivity index (χ0) is 17.3. The smallest absolute Gasteiger partial charge is 0.0622 e. The van der Waals surface area contributed by atoms with Gasteiger partial charge in [-0.15, -0.1) is 0 Å². The van der Waals surface area contributed by atoms with Gasteiger partial charge in [-0.05, 0) is 112 Å². The van der Waals surface area contributed by atoms with Crippen LogP contribution in [-0.2, 0) is 0 Å². The van der Waals surface area contributed by atoms with E-state index in [9.17, 15) is 5.11 Å². The zero-order valence-electron chi connectivity index (χ0n) is 16.4. The summed E-state index contributed by atoms with van der Waals surface area (Å²) in [7, 11) is 0.